The van der Waals surface area contributed by atoms with Gasteiger partial charge in [0.2, 0.25) is 0 Å². The van der Waals surface area contributed by atoms with E-state index in [9.17, 15) is 4.79 Å². The van der Waals surface area contributed by atoms with Crippen molar-refractivity contribution in [3.8, 4) is 5.75 Å². The van der Waals surface area contributed by atoms with Gasteiger partial charge in [-0.05, 0) is 56.7 Å². The van der Waals surface area contributed by atoms with Gasteiger partial charge in [-0.2, -0.15) is 5.10 Å². The van der Waals surface area contributed by atoms with Gasteiger partial charge in [-0.15, -0.1) is 0 Å². The number of ether oxygens (including phenoxy) is 1. The van der Waals surface area contributed by atoms with E-state index in [1.165, 1.54) is 5.56 Å². The molecule has 33 heavy (non-hydrogen) atoms. The molecule has 4 rings (SSSR count). The molecule has 2 aromatic heterocycles. The molecule has 0 aliphatic rings. The van der Waals surface area contributed by atoms with Gasteiger partial charge < -0.3 is 14.5 Å². The second kappa shape index (κ2) is 9.73. The molecule has 1 amide bonds. The maximum absolute atomic E-state index is 12.8. The van der Waals surface area contributed by atoms with E-state index >= 15 is 0 Å². The molecule has 2 aromatic carbocycles. The van der Waals surface area contributed by atoms with Crippen LogP contribution in [0.1, 0.15) is 38.8 Å². The van der Waals surface area contributed by atoms with E-state index < -0.39 is 0 Å². The fourth-order valence-electron chi connectivity index (χ4n) is 3.51. The Hall–Kier alpha value is -3.22. The third kappa shape index (κ3) is 5.41. The van der Waals surface area contributed by atoms with Crippen LogP contribution in [0.15, 0.2) is 59.0 Å². The molecule has 0 saturated heterocycles. The van der Waals surface area contributed by atoms with Crippen molar-refractivity contribution in [3.63, 3.8) is 0 Å². The fraction of sp³-hybridized carbons (Fsp3) is 0.200. The Morgan fingerprint density at radius 2 is 1.91 bits per heavy atom. The van der Waals surface area contributed by atoms with Crippen molar-refractivity contribution in [2.45, 2.75) is 33.9 Å². The zero-order chi connectivity index (χ0) is 23.5. The van der Waals surface area contributed by atoms with Crippen molar-refractivity contribution < 1.29 is 13.9 Å². The number of anilines is 1. The van der Waals surface area contributed by atoms with Gasteiger partial charge in [0.15, 0.2) is 5.76 Å². The van der Waals surface area contributed by atoms with Crippen molar-refractivity contribution >= 4 is 34.8 Å². The molecule has 0 saturated carbocycles. The summed E-state index contributed by atoms with van der Waals surface area (Å²) in [5.74, 6) is 0.804. The van der Waals surface area contributed by atoms with Crippen LogP contribution in [-0.2, 0) is 13.2 Å². The molecule has 170 valence electrons. The van der Waals surface area contributed by atoms with Crippen molar-refractivity contribution in [2.24, 2.45) is 0 Å². The molecule has 4 aromatic rings. The lowest BCUT2D eigenvalue weighted by atomic mass is 10.1. The first kappa shape index (κ1) is 23.0. The summed E-state index contributed by atoms with van der Waals surface area (Å²) < 4.78 is 13.2. The van der Waals surface area contributed by atoms with Crippen molar-refractivity contribution in [3.05, 3.63) is 98.7 Å². The highest BCUT2D eigenvalue weighted by Gasteiger charge is 2.18. The number of hydrogen-bond donors (Lipinski definition) is 1. The van der Waals surface area contributed by atoms with Gasteiger partial charge in [0.05, 0.1) is 28.6 Å². The highest BCUT2D eigenvalue weighted by molar-refractivity contribution is 6.35. The van der Waals surface area contributed by atoms with E-state index in [-0.39, 0.29) is 18.3 Å². The van der Waals surface area contributed by atoms with Gasteiger partial charge in [0, 0.05) is 5.02 Å². The predicted octanol–water partition coefficient (Wildman–Crippen LogP) is 6.59. The highest BCUT2D eigenvalue weighted by atomic mass is 35.5. The maximum atomic E-state index is 12.8. The summed E-state index contributed by atoms with van der Waals surface area (Å²) in [5, 5.41) is 8.44. The molecule has 0 aliphatic heterocycles. The Labute approximate surface area is 202 Å². The van der Waals surface area contributed by atoms with E-state index in [2.05, 4.69) is 35.5 Å². The van der Waals surface area contributed by atoms with Crippen LogP contribution < -0.4 is 10.1 Å². The minimum Gasteiger partial charge on any atom is -0.484 e. The summed E-state index contributed by atoms with van der Waals surface area (Å²) in [6.07, 6.45) is 0. The standard InChI is InChI=1S/C25H23Cl2N3O3/c1-15-5-4-6-18(11-15)13-30-17(3)24(16(2)29-30)28-25(31)23-10-8-20(33-23)14-32-22-9-7-19(26)12-21(22)27/h4-12H,13-14H2,1-3H3,(H,28,31). The number of hydrogen-bond acceptors (Lipinski definition) is 4. The monoisotopic (exact) mass is 483 g/mol. The molecule has 0 atom stereocenters. The number of nitrogens with one attached hydrogen (secondary N) is 1. The largest absolute Gasteiger partial charge is 0.484 e. The quantitative estimate of drug-likeness (QED) is 0.321. The van der Waals surface area contributed by atoms with E-state index in [0.717, 1.165) is 17.0 Å². The van der Waals surface area contributed by atoms with Crippen LogP contribution in [-0.4, -0.2) is 15.7 Å². The smallest absolute Gasteiger partial charge is 0.291 e. The Bertz CT molecular complexity index is 1310. The third-order valence-corrected chi connectivity index (χ3v) is 5.71. The van der Waals surface area contributed by atoms with Crippen LogP contribution in [0.2, 0.25) is 10.0 Å². The zero-order valence-electron chi connectivity index (χ0n) is 18.5. The number of rotatable bonds is 7. The Balaban J connectivity index is 1.42. The fourth-order valence-corrected chi connectivity index (χ4v) is 3.97. The summed E-state index contributed by atoms with van der Waals surface area (Å²) in [6.45, 7) is 6.61. The van der Waals surface area contributed by atoms with Gasteiger partial charge in [0.1, 0.15) is 18.1 Å². The van der Waals surface area contributed by atoms with Crippen LogP contribution in [0.3, 0.4) is 0 Å². The first-order valence-corrected chi connectivity index (χ1v) is 11.1. The first-order valence-electron chi connectivity index (χ1n) is 10.4. The Kier molecular flexibility index (Phi) is 6.77. The molecule has 0 spiro atoms. The minimum atomic E-state index is -0.355. The van der Waals surface area contributed by atoms with Gasteiger partial charge in [-0.1, -0.05) is 53.0 Å². The van der Waals surface area contributed by atoms with Gasteiger partial charge in [0.25, 0.3) is 5.91 Å². The molecule has 0 fully saturated rings. The number of nitrogens with zero attached hydrogens (tertiary/aromatic N) is 2. The molecular formula is C25H23Cl2N3O3. The lowest BCUT2D eigenvalue weighted by molar-refractivity contribution is 0.0992. The van der Waals surface area contributed by atoms with Gasteiger partial charge in [-0.25, -0.2) is 0 Å². The molecule has 0 unspecified atom stereocenters. The predicted molar refractivity (Wildman–Crippen MR) is 129 cm³/mol. The summed E-state index contributed by atoms with van der Waals surface area (Å²) in [5.41, 5.74) is 4.62. The summed E-state index contributed by atoms with van der Waals surface area (Å²) in [4.78, 5) is 12.8. The number of carbonyl (C=O) groups is 1. The Morgan fingerprint density at radius 1 is 1.09 bits per heavy atom. The number of aryl methyl sites for hydroxylation is 2. The summed E-state index contributed by atoms with van der Waals surface area (Å²) in [7, 11) is 0. The van der Waals surface area contributed by atoms with Crippen LogP contribution in [0.5, 0.6) is 5.75 Å². The molecule has 6 nitrogen and oxygen atoms in total. The number of carbonyl (C=O) groups excluding carboxylic acids is 1. The van der Waals surface area contributed by atoms with Crippen LogP contribution in [0, 0.1) is 20.8 Å². The molecule has 8 heteroatoms. The number of amides is 1. The SMILES string of the molecule is Cc1cccc(Cn2nc(C)c(NC(=O)c3ccc(COc4ccc(Cl)cc4Cl)o3)c2C)c1. The average Bonchev–Trinajstić information content (AvgIpc) is 3.34. The minimum absolute atomic E-state index is 0.126. The normalized spacial score (nSPS) is 10.9. The maximum Gasteiger partial charge on any atom is 0.291 e. The van der Waals surface area contributed by atoms with Crippen molar-refractivity contribution in [1.82, 2.24) is 9.78 Å². The lowest BCUT2D eigenvalue weighted by Crippen LogP contribution is -2.12. The Morgan fingerprint density at radius 3 is 2.67 bits per heavy atom. The number of aromatic nitrogens is 2. The molecule has 0 bridgehead atoms. The van der Waals surface area contributed by atoms with E-state index in [1.54, 1.807) is 30.3 Å². The van der Waals surface area contributed by atoms with E-state index in [1.807, 2.05) is 24.6 Å². The molecule has 0 aliphatic carbocycles. The van der Waals surface area contributed by atoms with Crippen molar-refractivity contribution in [1.29, 1.82) is 0 Å². The average molecular weight is 484 g/mol. The molecular weight excluding hydrogens is 461 g/mol. The number of benzene rings is 2. The third-order valence-electron chi connectivity index (χ3n) is 5.18. The highest BCUT2D eigenvalue weighted by Crippen LogP contribution is 2.28. The topological polar surface area (TPSA) is 69.3 Å². The zero-order valence-corrected chi connectivity index (χ0v) is 20.0. The second-order valence-corrected chi connectivity index (χ2v) is 8.62. The lowest BCUT2D eigenvalue weighted by Gasteiger charge is -2.07. The van der Waals surface area contributed by atoms with Crippen LogP contribution >= 0.6 is 23.2 Å². The van der Waals surface area contributed by atoms with E-state index in [4.69, 9.17) is 32.4 Å². The first-order chi connectivity index (χ1) is 15.8. The molecule has 0 radical (unpaired) electrons. The van der Waals surface area contributed by atoms with Gasteiger partial charge in [-0.3, -0.25) is 9.48 Å². The number of furan rings is 1. The summed E-state index contributed by atoms with van der Waals surface area (Å²) in [6, 6.07) is 16.5. The van der Waals surface area contributed by atoms with Crippen molar-refractivity contribution in [2.75, 3.05) is 5.32 Å². The van der Waals surface area contributed by atoms with Crippen LogP contribution in [0.4, 0.5) is 5.69 Å². The summed E-state index contributed by atoms with van der Waals surface area (Å²) >= 11 is 12.0. The van der Waals surface area contributed by atoms with E-state index in [0.29, 0.717) is 33.8 Å². The second-order valence-electron chi connectivity index (χ2n) is 7.78. The molecule has 2 heterocycles. The number of halogens is 2. The van der Waals surface area contributed by atoms with Crippen LogP contribution in [0.25, 0.3) is 0 Å². The molecule has 1 N–H and O–H groups in total. The van der Waals surface area contributed by atoms with Gasteiger partial charge >= 0.3 is 0 Å².